The zero-order valence-corrected chi connectivity index (χ0v) is 22.2. The predicted octanol–water partition coefficient (Wildman–Crippen LogP) is 5.72. The van der Waals surface area contributed by atoms with E-state index in [1.807, 2.05) is 19.1 Å². The van der Waals surface area contributed by atoms with E-state index in [2.05, 4.69) is 6.58 Å². The number of rotatable bonds is 8. The molecule has 8 heteroatoms. The molecule has 0 fully saturated rings. The Morgan fingerprint density at radius 2 is 1.67 bits per heavy atom. The number of hydrogen-bond donors (Lipinski definition) is 0. The van der Waals surface area contributed by atoms with Crippen molar-refractivity contribution in [3.05, 3.63) is 88.7 Å². The van der Waals surface area contributed by atoms with E-state index in [4.69, 9.17) is 28.4 Å². The van der Waals surface area contributed by atoms with Crippen LogP contribution in [0.15, 0.2) is 66.4 Å². The predicted molar refractivity (Wildman–Crippen MR) is 144 cm³/mol. The Hall–Kier alpha value is -4.72. The number of hydrogen-bond acceptors (Lipinski definition) is 8. The van der Waals surface area contributed by atoms with Crippen LogP contribution in [0.4, 0.5) is 0 Å². The first-order chi connectivity index (χ1) is 18.9. The van der Waals surface area contributed by atoms with Crippen LogP contribution in [0.5, 0.6) is 34.5 Å². The Morgan fingerprint density at radius 3 is 2.36 bits per heavy atom. The van der Waals surface area contributed by atoms with E-state index in [1.165, 1.54) is 7.11 Å². The summed E-state index contributed by atoms with van der Waals surface area (Å²) in [6.45, 7) is 6.05. The highest BCUT2D eigenvalue weighted by Crippen LogP contribution is 2.52. The lowest BCUT2D eigenvalue weighted by Gasteiger charge is -2.28. The SMILES string of the molecule is C=C(C)COc1c(OC)cccc1C1CC(=O)Oc2ccc3c(c21)O/C(=C\c1cccc(OC)c1OC)C3=O. The van der Waals surface area contributed by atoms with Gasteiger partial charge in [-0.05, 0) is 42.8 Å². The quantitative estimate of drug-likeness (QED) is 0.159. The lowest BCUT2D eigenvalue weighted by Crippen LogP contribution is -2.22. The Labute approximate surface area is 226 Å². The maximum atomic E-state index is 13.5. The zero-order chi connectivity index (χ0) is 27.7. The van der Waals surface area contributed by atoms with E-state index in [1.54, 1.807) is 56.7 Å². The van der Waals surface area contributed by atoms with Crippen LogP contribution in [0.1, 0.15) is 46.3 Å². The molecule has 0 aliphatic carbocycles. The molecule has 0 bridgehead atoms. The fourth-order valence-electron chi connectivity index (χ4n) is 4.86. The number of carbonyl (C=O) groups excluding carboxylic acids is 2. The number of ether oxygens (including phenoxy) is 6. The molecule has 2 aliphatic rings. The van der Waals surface area contributed by atoms with Crippen LogP contribution in [0.3, 0.4) is 0 Å². The highest BCUT2D eigenvalue weighted by atomic mass is 16.5. The Balaban J connectivity index is 1.63. The van der Waals surface area contributed by atoms with Crippen molar-refractivity contribution in [2.45, 2.75) is 19.3 Å². The van der Waals surface area contributed by atoms with Gasteiger partial charge in [0.1, 0.15) is 18.1 Å². The first kappa shape index (κ1) is 25.9. The molecule has 3 aromatic carbocycles. The van der Waals surface area contributed by atoms with E-state index < -0.39 is 11.9 Å². The van der Waals surface area contributed by atoms with Gasteiger partial charge in [-0.3, -0.25) is 9.59 Å². The fraction of sp³-hybridized carbons (Fsp3) is 0.226. The maximum absolute atomic E-state index is 13.5. The largest absolute Gasteiger partial charge is 0.493 e. The van der Waals surface area contributed by atoms with Crippen molar-refractivity contribution in [2.75, 3.05) is 27.9 Å². The van der Waals surface area contributed by atoms with Crippen LogP contribution in [-0.4, -0.2) is 39.7 Å². The topological polar surface area (TPSA) is 89.5 Å². The van der Waals surface area contributed by atoms with Gasteiger partial charge < -0.3 is 28.4 Å². The minimum absolute atomic E-state index is 0.0281. The summed E-state index contributed by atoms with van der Waals surface area (Å²) >= 11 is 0. The minimum atomic E-state index is -0.509. The van der Waals surface area contributed by atoms with Crippen LogP contribution < -0.4 is 28.4 Å². The monoisotopic (exact) mass is 528 g/mol. The number of Topliss-reactive ketones (excluding diaryl/α,β-unsaturated/α-hetero) is 1. The van der Waals surface area contributed by atoms with Crippen LogP contribution >= 0.6 is 0 Å². The third-order valence-corrected chi connectivity index (χ3v) is 6.57. The Morgan fingerprint density at radius 1 is 0.949 bits per heavy atom. The van der Waals surface area contributed by atoms with Crippen LogP contribution in [0, 0.1) is 0 Å². The molecule has 3 aromatic rings. The normalized spacial score (nSPS) is 16.6. The molecule has 0 saturated heterocycles. The number of para-hydroxylation sites is 2. The fourth-order valence-corrected chi connectivity index (χ4v) is 4.86. The number of fused-ring (bicyclic) bond motifs is 3. The van der Waals surface area contributed by atoms with Crippen molar-refractivity contribution in [3.63, 3.8) is 0 Å². The number of ketones is 1. The summed E-state index contributed by atoms with van der Waals surface area (Å²) in [7, 11) is 4.63. The van der Waals surface area contributed by atoms with Crippen molar-refractivity contribution in [2.24, 2.45) is 0 Å². The van der Waals surface area contributed by atoms with Gasteiger partial charge >= 0.3 is 5.97 Å². The number of allylic oxidation sites excluding steroid dienone is 1. The molecule has 0 N–H and O–H groups in total. The van der Waals surface area contributed by atoms with E-state index in [-0.39, 0.29) is 24.6 Å². The van der Waals surface area contributed by atoms with E-state index in [0.717, 1.165) is 5.57 Å². The molecule has 1 unspecified atom stereocenters. The summed E-state index contributed by atoms with van der Waals surface area (Å²) in [5.74, 6) is 1.60. The van der Waals surface area contributed by atoms with Crippen LogP contribution in [0.25, 0.3) is 6.08 Å². The molecule has 39 heavy (non-hydrogen) atoms. The summed E-state index contributed by atoms with van der Waals surface area (Å²) in [5, 5.41) is 0. The third kappa shape index (κ3) is 4.69. The standard InChI is InChI=1S/C31H28O8/c1-17(2)16-37-30-19(9-7-11-24(30)35-4)21-15-26(32)38-22-13-12-20-28(33)25(39-31(20)27(21)22)14-18-8-6-10-23(34-3)29(18)36-5/h6-14,21H,1,15-16H2,2-5H3/b25-14-. The van der Waals surface area contributed by atoms with Crippen molar-refractivity contribution in [1.82, 2.24) is 0 Å². The second-order valence-electron chi connectivity index (χ2n) is 9.23. The first-order valence-corrected chi connectivity index (χ1v) is 12.3. The Kier molecular flexibility index (Phi) is 7.02. The molecule has 0 aromatic heterocycles. The van der Waals surface area contributed by atoms with Gasteiger partial charge in [-0.25, -0.2) is 0 Å². The lowest BCUT2D eigenvalue weighted by molar-refractivity contribution is -0.135. The second kappa shape index (κ2) is 10.6. The zero-order valence-electron chi connectivity index (χ0n) is 22.2. The number of benzene rings is 3. The maximum Gasteiger partial charge on any atom is 0.312 e. The molecule has 0 amide bonds. The summed E-state index contributed by atoms with van der Waals surface area (Å²) in [6, 6.07) is 14.1. The summed E-state index contributed by atoms with van der Waals surface area (Å²) in [4.78, 5) is 26.2. The van der Waals surface area contributed by atoms with E-state index in [0.29, 0.717) is 56.8 Å². The molecule has 5 rings (SSSR count). The number of carbonyl (C=O) groups is 2. The molecule has 2 heterocycles. The molecule has 8 nitrogen and oxygen atoms in total. The summed E-state index contributed by atoms with van der Waals surface area (Å²) in [6.07, 6.45) is 1.65. The van der Waals surface area contributed by atoms with Crippen molar-refractivity contribution in [1.29, 1.82) is 0 Å². The van der Waals surface area contributed by atoms with Crippen molar-refractivity contribution in [3.8, 4) is 34.5 Å². The number of methoxy groups -OCH3 is 3. The molecule has 0 saturated carbocycles. The van der Waals surface area contributed by atoms with Gasteiger partial charge in [-0.2, -0.15) is 0 Å². The smallest absolute Gasteiger partial charge is 0.312 e. The summed E-state index contributed by atoms with van der Waals surface area (Å²) in [5.41, 5.74) is 3.12. The van der Waals surface area contributed by atoms with Gasteiger partial charge in [-0.1, -0.05) is 30.8 Å². The van der Waals surface area contributed by atoms with E-state index >= 15 is 0 Å². The van der Waals surface area contributed by atoms with Crippen LogP contribution in [-0.2, 0) is 4.79 Å². The Bertz CT molecular complexity index is 1520. The van der Waals surface area contributed by atoms with Gasteiger partial charge in [0.2, 0.25) is 5.78 Å². The molecular formula is C31H28O8. The van der Waals surface area contributed by atoms with Gasteiger partial charge in [-0.15, -0.1) is 0 Å². The first-order valence-electron chi connectivity index (χ1n) is 12.3. The molecule has 1 atom stereocenters. The highest BCUT2D eigenvalue weighted by Gasteiger charge is 2.40. The average Bonchev–Trinajstić information content (AvgIpc) is 3.25. The molecular weight excluding hydrogens is 500 g/mol. The minimum Gasteiger partial charge on any atom is -0.493 e. The number of esters is 1. The average molecular weight is 529 g/mol. The second-order valence-corrected chi connectivity index (χ2v) is 9.23. The van der Waals surface area contributed by atoms with Gasteiger partial charge in [0, 0.05) is 22.6 Å². The van der Waals surface area contributed by atoms with Gasteiger partial charge in [0.25, 0.3) is 0 Å². The van der Waals surface area contributed by atoms with Crippen molar-refractivity contribution < 1.29 is 38.0 Å². The molecule has 0 spiro atoms. The summed E-state index contributed by atoms with van der Waals surface area (Å²) < 4.78 is 34.4. The van der Waals surface area contributed by atoms with E-state index in [9.17, 15) is 9.59 Å². The van der Waals surface area contributed by atoms with Crippen LogP contribution in [0.2, 0.25) is 0 Å². The van der Waals surface area contributed by atoms with Crippen molar-refractivity contribution >= 4 is 17.8 Å². The lowest BCUT2D eigenvalue weighted by atomic mass is 9.84. The highest BCUT2D eigenvalue weighted by molar-refractivity contribution is 6.15. The third-order valence-electron chi connectivity index (χ3n) is 6.57. The van der Waals surface area contributed by atoms with Gasteiger partial charge in [0.15, 0.2) is 28.8 Å². The molecule has 2 aliphatic heterocycles. The molecule has 200 valence electrons. The molecule has 0 radical (unpaired) electrons. The van der Waals surface area contributed by atoms with Gasteiger partial charge in [0.05, 0.1) is 33.3 Å².